The molecule has 1 aromatic heterocycles. The second-order valence-corrected chi connectivity index (χ2v) is 9.80. The van der Waals surface area contributed by atoms with Crippen LogP contribution in [0.25, 0.3) is 10.9 Å². The molecule has 1 aliphatic carbocycles. The first kappa shape index (κ1) is 19.9. The van der Waals surface area contributed by atoms with Crippen molar-refractivity contribution in [3.8, 4) is 5.75 Å². The number of hydrogen-bond acceptors (Lipinski definition) is 4. The third kappa shape index (κ3) is 2.47. The van der Waals surface area contributed by atoms with Crippen LogP contribution < -0.4 is 4.74 Å². The van der Waals surface area contributed by atoms with E-state index in [0.29, 0.717) is 11.8 Å². The molecule has 3 aliphatic heterocycles. The summed E-state index contributed by atoms with van der Waals surface area (Å²) in [6, 6.07) is 6.87. The summed E-state index contributed by atoms with van der Waals surface area (Å²) in [4.78, 5) is 16.4. The number of carbonyl (C=O) groups excluding carboxylic acids is 1. The zero-order valence-electron chi connectivity index (χ0n) is 18.9. The predicted molar refractivity (Wildman–Crippen MR) is 118 cm³/mol. The second-order valence-electron chi connectivity index (χ2n) is 9.80. The number of methoxy groups -OCH3 is 2. The van der Waals surface area contributed by atoms with Gasteiger partial charge in [-0.3, -0.25) is 9.69 Å². The van der Waals surface area contributed by atoms with Gasteiger partial charge in [0.1, 0.15) is 11.2 Å². The fourth-order valence-corrected chi connectivity index (χ4v) is 7.17. The van der Waals surface area contributed by atoms with Gasteiger partial charge < -0.3 is 14.0 Å². The largest absolute Gasteiger partial charge is 0.497 e. The van der Waals surface area contributed by atoms with E-state index in [0.717, 1.165) is 38.1 Å². The highest BCUT2D eigenvalue weighted by atomic mass is 16.5. The summed E-state index contributed by atoms with van der Waals surface area (Å²) in [6.07, 6.45) is 4.23. The number of esters is 1. The molecule has 4 aliphatic rings. The van der Waals surface area contributed by atoms with E-state index >= 15 is 0 Å². The van der Waals surface area contributed by atoms with Crippen molar-refractivity contribution >= 4 is 16.9 Å². The van der Waals surface area contributed by atoms with Crippen molar-refractivity contribution in [1.29, 1.82) is 0 Å². The molecule has 2 aromatic rings. The summed E-state index contributed by atoms with van der Waals surface area (Å²) in [5.41, 5.74) is 3.18. The van der Waals surface area contributed by atoms with Crippen molar-refractivity contribution in [2.45, 2.75) is 64.0 Å². The van der Waals surface area contributed by atoms with Crippen LogP contribution in [0.15, 0.2) is 18.2 Å². The molecular weight excluding hydrogens is 376 g/mol. The van der Waals surface area contributed by atoms with E-state index in [-0.39, 0.29) is 18.1 Å². The van der Waals surface area contributed by atoms with Gasteiger partial charge in [0.05, 0.1) is 14.2 Å². The minimum atomic E-state index is -0.584. The van der Waals surface area contributed by atoms with Crippen LogP contribution in [0.3, 0.4) is 0 Å². The number of fused-ring (bicyclic) bond motifs is 4. The lowest BCUT2D eigenvalue weighted by molar-refractivity contribution is -0.162. The number of benzene rings is 1. The van der Waals surface area contributed by atoms with Gasteiger partial charge in [-0.25, -0.2) is 0 Å². The lowest BCUT2D eigenvalue weighted by Gasteiger charge is -2.58. The Bertz CT molecular complexity index is 994. The van der Waals surface area contributed by atoms with Crippen molar-refractivity contribution in [3.05, 3.63) is 29.5 Å². The van der Waals surface area contributed by atoms with Crippen molar-refractivity contribution in [3.63, 3.8) is 0 Å². The molecule has 5 unspecified atom stereocenters. The smallest absolute Gasteiger partial charge is 0.319 e. The average Bonchev–Trinajstić information content (AvgIpc) is 3.05. The molecule has 4 heterocycles. The Hall–Kier alpha value is -2.01. The Labute approximate surface area is 179 Å². The molecule has 6 rings (SSSR count). The zero-order chi connectivity index (χ0) is 21.2. The summed E-state index contributed by atoms with van der Waals surface area (Å²) in [5, 5.41) is 1.24. The normalized spacial score (nSPS) is 32.2. The van der Waals surface area contributed by atoms with Gasteiger partial charge >= 0.3 is 5.97 Å². The highest BCUT2D eigenvalue weighted by Crippen LogP contribution is 2.56. The molecule has 0 amide bonds. The molecule has 0 radical (unpaired) electrons. The van der Waals surface area contributed by atoms with Crippen LogP contribution >= 0.6 is 0 Å². The molecular formula is C25H34N2O3. The molecule has 0 spiro atoms. The summed E-state index contributed by atoms with van der Waals surface area (Å²) in [7, 11) is 3.29. The van der Waals surface area contributed by atoms with E-state index in [4.69, 9.17) is 9.47 Å². The SMILES string of the molecule is CCC1CC2CN3CCc4c(n(C(C)C)c5ccc(OC)cc45)C(C(=O)OC)(C2)C13. The maximum Gasteiger partial charge on any atom is 0.319 e. The molecule has 0 N–H and O–H groups in total. The van der Waals surface area contributed by atoms with Gasteiger partial charge in [-0.1, -0.05) is 13.3 Å². The monoisotopic (exact) mass is 410 g/mol. The number of rotatable bonds is 4. The molecule has 1 aromatic carbocycles. The number of ether oxygens (including phenoxy) is 2. The first-order valence-corrected chi connectivity index (χ1v) is 11.5. The molecule has 4 bridgehead atoms. The Morgan fingerprint density at radius 1 is 1.30 bits per heavy atom. The van der Waals surface area contributed by atoms with Crippen LogP contribution in [-0.4, -0.2) is 48.8 Å². The van der Waals surface area contributed by atoms with Gasteiger partial charge in [-0.2, -0.15) is 0 Å². The molecule has 5 atom stereocenters. The van der Waals surface area contributed by atoms with Crippen molar-refractivity contribution < 1.29 is 14.3 Å². The predicted octanol–water partition coefficient (Wildman–Crippen LogP) is 4.32. The van der Waals surface area contributed by atoms with Crippen LogP contribution in [0.1, 0.15) is 57.3 Å². The summed E-state index contributed by atoms with van der Waals surface area (Å²) < 4.78 is 13.6. The van der Waals surface area contributed by atoms with E-state index in [1.54, 1.807) is 14.2 Å². The fraction of sp³-hybridized carbons (Fsp3) is 0.640. The van der Waals surface area contributed by atoms with Gasteiger partial charge in [0.2, 0.25) is 0 Å². The summed E-state index contributed by atoms with van der Waals surface area (Å²) >= 11 is 0. The van der Waals surface area contributed by atoms with E-state index < -0.39 is 5.41 Å². The highest BCUT2D eigenvalue weighted by Gasteiger charge is 2.63. The van der Waals surface area contributed by atoms with Gasteiger partial charge in [0.25, 0.3) is 0 Å². The van der Waals surface area contributed by atoms with Crippen LogP contribution in [0.4, 0.5) is 0 Å². The maximum atomic E-state index is 13.8. The molecule has 162 valence electrons. The minimum absolute atomic E-state index is 0.0415. The third-order valence-corrected chi connectivity index (χ3v) is 8.06. The Morgan fingerprint density at radius 3 is 2.77 bits per heavy atom. The van der Waals surface area contributed by atoms with Crippen molar-refractivity contribution in [2.75, 3.05) is 27.3 Å². The van der Waals surface area contributed by atoms with E-state index in [1.165, 1.54) is 28.6 Å². The van der Waals surface area contributed by atoms with Crippen molar-refractivity contribution in [2.24, 2.45) is 11.8 Å². The van der Waals surface area contributed by atoms with Gasteiger partial charge in [0.15, 0.2) is 0 Å². The molecule has 30 heavy (non-hydrogen) atoms. The molecule has 3 fully saturated rings. The summed E-state index contributed by atoms with van der Waals surface area (Å²) in [6.45, 7) is 8.88. The molecule has 5 heteroatoms. The molecule has 1 saturated carbocycles. The van der Waals surface area contributed by atoms with Gasteiger partial charge in [-0.15, -0.1) is 0 Å². The lowest BCUT2D eigenvalue weighted by atomic mass is 9.56. The topological polar surface area (TPSA) is 43.7 Å². The number of aromatic nitrogens is 1. The van der Waals surface area contributed by atoms with Crippen LogP contribution in [0.5, 0.6) is 5.75 Å². The Morgan fingerprint density at radius 2 is 2.10 bits per heavy atom. The Balaban J connectivity index is 1.88. The van der Waals surface area contributed by atoms with Gasteiger partial charge in [0, 0.05) is 41.8 Å². The minimum Gasteiger partial charge on any atom is -0.497 e. The number of nitrogens with zero attached hydrogens (tertiary/aromatic N) is 2. The fourth-order valence-electron chi connectivity index (χ4n) is 7.17. The number of piperidine rings is 2. The molecule has 5 nitrogen and oxygen atoms in total. The van der Waals surface area contributed by atoms with Gasteiger partial charge in [-0.05, 0) is 68.7 Å². The number of carbonyl (C=O) groups is 1. The lowest BCUT2D eigenvalue weighted by Crippen LogP contribution is -2.67. The quantitative estimate of drug-likeness (QED) is 0.704. The van der Waals surface area contributed by atoms with Crippen LogP contribution in [0.2, 0.25) is 0 Å². The number of hydrogen-bond donors (Lipinski definition) is 0. The highest BCUT2D eigenvalue weighted by molar-refractivity contribution is 5.93. The average molecular weight is 411 g/mol. The van der Waals surface area contributed by atoms with Crippen LogP contribution in [0, 0.1) is 11.8 Å². The Kier molecular flexibility index (Phi) is 4.66. The van der Waals surface area contributed by atoms with E-state index in [1.807, 2.05) is 6.07 Å². The van der Waals surface area contributed by atoms with Crippen molar-refractivity contribution in [1.82, 2.24) is 9.47 Å². The van der Waals surface area contributed by atoms with Crippen LogP contribution in [-0.2, 0) is 21.4 Å². The summed E-state index contributed by atoms with van der Waals surface area (Å²) in [5.74, 6) is 1.92. The third-order valence-electron chi connectivity index (χ3n) is 8.06. The zero-order valence-corrected chi connectivity index (χ0v) is 18.9. The van der Waals surface area contributed by atoms with E-state index in [2.05, 4.69) is 42.4 Å². The standard InChI is InChI=1S/C25H34N2O3/c1-6-17-11-16-13-25(24(28)30-5)22(17)26(14-16)10-9-19-20-12-18(29-4)7-8-21(20)27(15(2)3)23(19)25/h7-8,12,15-17,22H,6,9-11,13-14H2,1-5H3. The first-order chi connectivity index (χ1) is 14.5. The first-order valence-electron chi connectivity index (χ1n) is 11.5. The van der Waals surface area contributed by atoms with E-state index in [9.17, 15) is 4.79 Å². The maximum absolute atomic E-state index is 13.8. The second kappa shape index (κ2) is 7.01. The molecule has 2 saturated heterocycles.